The van der Waals surface area contributed by atoms with Gasteiger partial charge < -0.3 is 0 Å². The Morgan fingerprint density at radius 3 is 2.83 bits per heavy atom. The Balaban J connectivity index is 2.24. The predicted octanol–water partition coefficient (Wildman–Crippen LogP) is 4.23. The third-order valence-electron chi connectivity index (χ3n) is 2.64. The lowest BCUT2D eigenvalue weighted by atomic mass is 10.0. The lowest BCUT2D eigenvalue weighted by Gasteiger charge is -2.05. The zero-order chi connectivity index (χ0) is 13.1. The summed E-state index contributed by atoms with van der Waals surface area (Å²) in [5, 5.41) is 0.589. The van der Waals surface area contributed by atoms with Crippen molar-refractivity contribution in [1.82, 2.24) is 4.98 Å². The van der Waals surface area contributed by atoms with Gasteiger partial charge in [0.2, 0.25) is 0 Å². The van der Waals surface area contributed by atoms with Crippen molar-refractivity contribution in [2.75, 3.05) is 0 Å². The first-order valence-electron chi connectivity index (χ1n) is 5.46. The molecule has 0 atom stereocenters. The molecule has 2 aromatic rings. The number of carbonyl (C=O) groups is 1. The van der Waals surface area contributed by atoms with Crippen LogP contribution in [0.4, 0.5) is 0 Å². The Hall–Kier alpha value is -1.19. The summed E-state index contributed by atoms with van der Waals surface area (Å²) in [6, 6.07) is 9.21. The van der Waals surface area contributed by atoms with Crippen molar-refractivity contribution in [3.63, 3.8) is 0 Å². The minimum Gasteiger partial charge on any atom is -0.292 e. The van der Waals surface area contributed by atoms with Crippen LogP contribution in [-0.4, -0.2) is 10.8 Å². The fraction of sp³-hybridized carbons (Fsp3) is 0.143. The number of benzene rings is 1. The SMILES string of the molecule is Cc1cccnc1C(=O)Cc1ccc(Br)cc1Cl. The number of aryl methyl sites for hydroxylation is 1. The molecule has 0 aliphatic rings. The Bertz CT molecular complexity index is 598. The van der Waals surface area contributed by atoms with E-state index in [1.807, 2.05) is 31.2 Å². The molecule has 0 aliphatic heterocycles. The van der Waals surface area contributed by atoms with E-state index in [1.165, 1.54) is 0 Å². The smallest absolute Gasteiger partial charge is 0.185 e. The summed E-state index contributed by atoms with van der Waals surface area (Å²) < 4.78 is 0.901. The average Bonchev–Trinajstić information content (AvgIpc) is 2.33. The van der Waals surface area contributed by atoms with E-state index in [-0.39, 0.29) is 12.2 Å². The highest BCUT2D eigenvalue weighted by Gasteiger charge is 2.12. The average molecular weight is 325 g/mol. The molecule has 2 nitrogen and oxygen atoms in total. The van der Waals surface area contributed by atoms with Gasteiger partial charge in [0, 0.05) is 22.1 Å². The molecule has 0 N–H and O–H groups in total. The normalized spacial score (nSPS) is 10.4. The quantitative estimate of drug-likeness (QED) is 0.791. The number of pyridine rings is 1. The van der Waals surface area contributed by atoms with Crippen LogP contribution in [0.3, 0.4) is 0 Å². The van der Waals surface area contributed by atoms with Gasteiger partial charge in [0.15, 0.2) is 5.78 Å². The molecule has 0 radical (unpaired) electrons. The molecule has 0 amide bonds. The number of Topliss-reactive ketones (excluding diaryl/α,β-unsaturated/α-hetero) is 1. The minimum atomic E-state index is -0.0164. The van der Waals surface area contributed by atoms with Gasteiger partial charge in [-0.15, -0.1) is 0 Å². The van der Waals surface area contributed by atoms with Crippen LogP contribution in [0.15, 0.2) is 41.0 Å². The van der Waals surface area contributed by atoms with Gasteiger partial charge in [-0.05, 0) is 36.2 Å². The number of hydrogen-bond acceptors (Lipinski definition) is 2. The fourth-order valence-corrected chi connectivity index (χ4v) is 2.44. The van der Waals surface area contributed by atoms with E-state index in [0.29, 0.717) is 10.7 Å². The second-order valence-electron chi connectivity index (χ2n) is 4.00. The molecule has 0 unspecified atom stereocenters. The van der Waals surface area contributed by atoms with Crippen LogP contribution in [0.1, 0.15) is 21.6 Å². The second-order valence-corrected chi connectivity index (χ2v) is 5.33. The molecule has 4 heteroatoms. The molecule has 0 spiro atoms. The highest BCUT2D eigenvalue weighted by Crippen LogP contribution is 2.22. The van der Waals surface area contributed by atoms with Crippen LogP contribution in [0.25, 0.3) is 0 Å². The van der Waals surface area contributed by atoms with Crippen molar-refractivity contribution in [1.29, 1.82) is 0 Å². The molecule has 0 bridgehead atoms. The van der Waals surface area contributed by atoms with Crippen molar-refractivity contribution in [3.8, 4) is 0 Å². The Morgan fingerprint density at radius 2 is 2.17 bits per heavy atom. The summed E-state index contributed by atoms with van der Waals surface area (Å²) in [7, 11) is 0. The van der Waals surface area contributed by atoms with Crippen molar-refractivity contribution in [2.24, 2.45) is 0 Å². The Kier molecular flexibility index (Phi) is 4.15. The van der Waals surface area contributed by atoms with Gasteiger partial charge in [0.05, 0.1) is 0 Å². The molecule has 0 aliphatic carbocycles. The van der Waals surface area contributed by atoms with Crippen LogP contribution >= 0.6 is 27.5 Å². The zero-order valence-electron chi connectivity index (χ0n) is 9.78. The molecule has 0 saturated heterocycles. The fourth-order valence-electron chi connectivity index (χ4n) is 1.70. The predicted molar refractivity (Wildman–Crippen MR) is 76.2 cm³/mol. The summed E-state index contributed by atoms with van der Waals surface area (Å²) in [6.07, 6.45) is 1.90. The maximum Gasteiger partial charge on any atom is 0.185 e. The molecule has 1 aromatic carbocycles. The van der Waals surface area contributed by atoms with Gasteiger partial charge in [-0.1, -0.05) is 39.7 Å². The van der Waals surface area contributed by atoms with Crippen molar-refractivity contribution in [2.45, 2.75) is 13.3 Å². The summed E-state index contributed by atoms with van der Waals surface area (Å²) in [5.74, 6) is -0.0164. The highest BCUT2D eigenvalue weighted by atomic mass is 79.9. The monoisotopic (exact) mass is 323 g/mol. The van der Waals surface area contributed by atoms with E-state index < -0.39 is 0 Å². The Labute approximate surface area is 119 Å². The van der Waals surface area contributed by atoms with Gasteiger partial charge in [-0.25, -0.2) is 0 Å². The minimum absolute atomic E-state index is 0.0164. The molecule has 2 rings (SSSR count). The summed E-state index contributed by atoms with van der Waals surface area (Å²) in [6.45, 7) is 1.88. The second kappa shape index (κ2) is 5.63. The van der Waals surface area contributed by atoms with Crippen LogP contribution < -0.4 is 0 Å². The number of carbonyl (C=O) groups excluding carboxylic acids is 1. The molecular formula is C14H11BrClNO. The third kappa shape index (κ3) is 2.98. The highest BCUT2D eigenvalue weighted by molar-refractivity contribution is 9.10. The summed E-state index contributed by atoms with van der Waals surface area (Å²) >= 11 is 9.44. The van der Waals surface area contributed by atoms with Crippen LogP contribution in [0.2, 0.25) is 5.02 Å². The first-order chi connectivity index (χ1) is 8.58. The molecule has 0 saturated carbocycles. The zero-order valence-corrected chi connectivity index (χ0v) is 12.1. The van der Waals surface area contributed by atoms with E-state index in [2.05, 4.69) is 20.9 Å². The van der Waals surface area contributed by atoms with Crippen LogP contribution in [-0.2, 0) is 6.42 Å². The lowest BCUT2D eigenvalue weighted by molar-refractivity contribution is 0.0987. The molecule has 0 fully saturated rings. The molecule has 92 valence electrons. The lowest BCUT2D eigenvalue weighted by Crippen LogP contribution is -2.08. The van der Waals surface area contributed by atoms with Gasteiger partial charge in [0.25, 0.3) is 0 Å². The van der Waals surface area contributed by atoms with E-state index >= 15 is 0 Å². The van der Waals surface area contributed by atoms with Gasteiger partial charge in [-0.3, -0.25) is 9.78 Å². The van der Waals surface area contributed by atoms with Crippen LogP contribution in [0.5, 0.6) is 0 Å². The van der Waals surface area contributed by atoms with Crippen molar-refractivity contribution >= 4 is 33.3 Å². The van der Waals surface area contributed by atoms with E-state index in [9.17, 15) is 4.79 Å². The number of hydrogen-bond donors (Lipinski definition) is 0. The van der Waals surface area contributed by atoms with Gasteiger partial charge in [-0.2, -0.15) is 0 Å². The van der Waals surface area contributed by atoms with Crippen molar-refractivity contribution < 1.29 is 4.79 Å². The van der Waals surface area contributed by atoms with Gasteiger partial charge >= 0.3 is 0 Å². The summed E-state index contributed by atoms with van der Waals surface area (Å²) in [5.41, 5.74) is 2.21. The van der Waals surface area contributed by atoms with Gasteiger partial charge in [0.1, 0.15) is 5.69 Å². The standard InChI is InChI=1S/C14H11BrClNO/c1-9-3-2-6-17-14(9)13(18)7-10-4-5-11(15)8-12(10)16/h2-6,8H,7H2,1H3. The van der Waals surface area contributed by atoms with Crippen molar-refractivity contribution in [3.05, 3.63) is 62.8 Å². The maximum absolute atomic E-state index is 12.1. The largest absolute Gasteiger partial charge is 0.292 e. The van der Waals surface area contributed by atoms with E-state index in [1.54, 1.807) is 12.3 Å². The number of aromatic nitrogens is 1. The number of rotatable bonds is 3. The van der Waals surface area contributed by atoms with Crippen LogP contribution in [0, 0.1) is 6.92 Å². The molecule has 18 heavy (non-hydrogen) atoms. The number of halogens is 2. The topological polar surface area (TPSA) is 30.0 Å². The van der Waals surface area contributed by atoms with E-state index in [0.717, 1.165) is 15.6 Å². The molecule has 1 heterocycles. The Morgan fingerprint density at radius 1 is 1.39 bits per heavy atom. The third-order valence-corrected chi connectivity index (χ3v) is 3.48. The first-order valence-corrected chi connectivity index (χ1v) is 6.64. The van der Waals surface area contributed by atoms with E-state index in [4.69, 9.17) is 11.6 Å². The number of ketones is 1. The maximum atomic E-state index is 12.1. The number of nitrogens with zero attached hydrogens (tertiary/aromatic N) is 1. The molecular weight excluding hydrogens is 314 g/mol. The molecule has 1 aromatic heterocycles. The first kappa shape index (κ1) is 13.2. The summed E-state index contributed by atoms with van der Waals surface area (Å²) in [4.78, 5) is 16.3.